The van der Waals surface area contributed by atoms with E-state index >= 15 is 0 Å². The molecule has 1 aromatic heterocycles. The molecule has 0 fully saturated rings. The first-order valence-corrected chi connectivity index (χ1v) is 5.78. The minimum absolute atomic E-state index is 0.0549. The van der Waals surface area contributed by atoms with Crippen LogP contribution in [0.25, 0.3) is 0 Å². The van der Waals surface area contributed by atoms with Gasteiger partial charge in [-0.3, -0.25) is 4.79 Å². The molecule has 12 heteroatoms. The van der Waals surface area contributed by atoms with Gasteiger partial charge in [0.25, 0.3) is 5.88 Å². The lowest BCUT2D eigenvalue weighted by molar-refractivity contribution is -0.168. The van der Waals surface area contributed by atoms with E-state index in [9.17, 15) is 31.1 Å². The van der Waals surface area contributed by atoms with Crippen molar-refractivity contribution in [3.63, 3.8) is 0 Å². The summed E-state index contributed by atoms with van der Waals surface area (Å²) in [6, 6.07) is 1.26. The molecule has 0 unspecified atom stereocenters. The third-order valence-corrected chi connectivity index (χ3v) is 1.97. The molecule has 0 saturated heterocycles. The molecule has 0 bridgehead atoms. The standard InChI is InChI=1S/C8H10F3N3O2.C3H3F3O/c1-15-7-6(16-4-8(9,10)11)2-5(3-12)13-14-7;1-2(7)3(4,5)6/h2H,3-4,12H2,1H3;1H3. The van der Waals surface area contributed by atoms with E-state index in [0.29, 0.717) is 12.6 Å². The summed E-state index contributed by atoms with van der Waals surface area (Å²) in [6.45, 7) is -0.877. The Labute approximate surface area is 126 Å². The van der Waals surface area contributed by atoms with Crippen LogP contribution >= 0.6 is 0 Å². The zero-order chi connectivity index (χ0) is 18.3. The minimum atomic E-state index is -4.64. The van der Waals surface area contributed by atoms with Crippen LogP contribution in [0, 0.1) is 0 Å². The van der Waals surface area contributed by atoms with Gasteiger partial charge in [0.2, 0.25) is 5.78 Å². The Morgan fingerprint density at radius 3 is 2.09 bits per heavy atom. The third-order valence-electron chi connectivity index (χ3n) is 1.97. The third kappa shape index (κ3) is 8.80. The number of aromatic nitrogens is 2. The van der Waals surface area contributed by atoms with Crippen LogP contribution in [0.2, 0.25) is 0 Å². The van der Waals surface area contributed by atoms with Crippen molar-refractivity contribution in [3.05, 3.63) is 11.8 Å². The predicted molar refractivity (Wildman–Crippen MR) is 64.8 cm³/mol. The molecule has 1 rings (SSSR count). The van der Waals surface area contributed by atoms with E-state index in [1.54, 1.807) is 0 Å². The molecule has 0 aliphatic carbocycles. The van der Waals surface area contributed by atoms with Gasteiger partial charge >= 0.3 is 12.4 Å². The van der Waals surface area contributed by atoms with Crippen molar-refractivity contribution in [1.29, 1.82) is 0 Å². The highest BCUT2D eigenvalue weighted by Crippen LogP contribution is 2.26. The molecule has 2 N–H and O–H groups in total. The summed E-state index contributed by atoms with van der Waals surface area (Å²) in [7, 11) is 1.26. The van der Waals surface area contributed by atoms with E-state index in [1.165, 1.54) is 13.2 Å². The number of hydrogen-bond donors (Lipinski definition) is 1. The molecule has 0 aliphatic rings. The second-order valence-electron chi connectivity index (χ2n) is 3.87. The maximum Gasteiger partial charge on any atom is 0.449 e. The van der Waals surface area contributed by atoms with Crippen molar-refractivity contribution < 1.29 is 40.6 Å². The first kappa shape index (κ1) is 20.9. The number of hydrogen-bond acceptors (Lipinski definition) is 6. The lowest BCUT2D eigenvalue weighted by Gasteiger charge is -2.11. The largest absolute Gasteiger partial charge is 0.478 e. The maximum absolute atomic E-state index is 11.9. The van der Waals surface area contributed by atoms with Crippen molar-refractivity contribution in [3.8, 4) is 11.6 Å². The van der Waals surface area contributed by atoms with Gasteiger partial charge in [0.05, 0.1) is 12.8 Å². The topological polar surface area (TPSA) is 87.3 Å². The average molecular weight is 349 g/mol. The normalized spacial score (nSPS) is 11.3. The lowest BCUT2D eigenvalue weighted by atomic mass is 10.3. The molecular formula is C11H13F6N3O3. The van der Waals surface area contributed by atoms with E-state index in [4.69, 9.17) is 10.5 Å². The van der Waals surface area contributed by atoms with E-state index < -0.39 is 24.7 Å². The smallest absolute Gasteiger partial charge is 0.449 e. The number of nitrogens with two attached hydrogens (primary N) is 1. The van der Waals surface area contributed by atoms with Gasteiger partial charge in [0.1, 0.15) is 0 Å². The molecule has 132 valence electrons. The Kier molecular flexibility index (Phi) is 7.72. The zero-order valence-corrected chi connectivity index (χ0v) is 12.0. The van der Waals surface area contributed by atoms with Gasteiger partial charge in [-0.15, -0.1) is 5.10 Å². The van der Waals surface area contributed by atoms with E-state index in [1.807, 2.05) is 0 Å². The van der Waals surface area contributed by atoms with Crippen molar-refractivity contribution >= 4 is 5.78 Å². The molecule has 0 atom stereocenters. The zero-order valence-electron chi connectivity index (χ0n) is 12.0. The summed E-state index contributed by atoms with van der Waals surface area (Å²) in [5.74, 6) is -2.00. The second-order valence-corrected chi connectivity index (χ2v) is 3.87. The number of methoxy groups -OCH3 is 1. The fourth-order valence-corrected chi connectivity index (χ4v) is 0.905. The van der Waals surface area contributed by atoms with Gasteiger partial charge < -0.3 is 15.2 Å². The first-order chi connectivity index (χ1) is 10.4. The number of halogens is 6. The Balaban J connectivity index is 0.000000585. The molecular weight excluding hydrogens is 336 g/mol. The number of nitrogens with zero attached hydrogens (tertiary/aromatic N) is 2. The summed E-state index contributed by atoms with van der Waals surface area (Å²) in [5.41, 5.74) is 5.59. The van der Waals surface area contributed by atoms with Crippen LogP contribution in [0.4, 0.5) is 26.3 Å². The van der Waals surface area contributed by atoms with Crippen molar-refractivity contribution in [2.24, 2.45) is 5.73 Å². The van der Waals surface area contributed by atoms with Gasteiger partial charge in [-0.05, 0) is 0 Å². The first-order valence-electron chi connectivity index (χ1n) is 5.78. The number of Topliss-reactive ketones (excluding diaryl/α,β-unsaturated/α-hetero) is 1. The molecule has 0 aliphatic heterocycles. The monoisotopic (exact) mass is 349 g/mol. The van der Waals surface area contributed by atoms with Gasteiger partial charge in [-0.25, -0.2) is 0 Å². The Hall–Kier alpha value is -2.11. The van der Waals surface area contributed by atoms with Crippen LogP contribution in [-0.2, 0) is 11.3 Å². The molecule has 6 nitrogen and oxygen atoms in total. The number of carbonyl (C=O) groups excluding carboxylic acids is 1. The number of ether oxygens (including phenoxy) is 2. The maximum atomic E-state index is 11.9. The highest BCUT2D eigenvalue weighted by atomic mass is 19.4. The molecule has 1 aromatic rings. The quantitative estimate of drug-likeness (QED) is 0.837. The summed E-state index contributed by atoms with van der Waals surface area (Å²) in [6.07, 6.45) is -9.06. The van der Waals surface area contributed by atoms with E-state index in [-0.39, 0.29) is 18.2 Å². The number of alkyl halides is 6. The number of carbonyl (C=O) groups is 1. The summed E-state index contributed by atoms with van der Waals surface area (Å²) >= 11 is 0. The summed E-state index contributed by atoms with van der Waals surface area (Å²) in [4.78, 5) is 9.34. The Morgan fingerprint density at radius 2 is 1.74 bits per heavy atom. The molecule has 0 amide bonds. The fraction of sp³-hybridized carbons (Fsp3) is 0.545. The van der Waals surface area contributed by atoms with Gasteiger partial charge in [0.15, 0.2) is 12.4 Å². The summed E-state index contributed by atoms with van der Waals surface area (Å²) in [5, 5.41) is 7.14. The number of rotatable bonds is 4. The molecule has 0 saturated carbocycles. The van der Waals surface area contributed by atoms with Crippen molar-refractivity contribution in [2.75, 3.05) is 13.7 Å². The second kappa shape index (κ2) is 8.50. The van der Waals surface area contributed by atoms with Crippen LogP contribution in [0.1, 0.15) is 12.6 Å². The van der Waals surface area contributed by atoms with Gasteiger partial charge in [0, 0.05) is 19.5 Å². The van der Waals surface area contributed by atoms with Crippen LogP contribution in [0.15, 0.2) is 6.07 Å². The van der Waals surface area contributed by atoms with Crippen LogP contribution in [0.5, 0.6) is 11.6 Å². The number of ketones is 1. The van der Waals surface area contributed by atoms with Crippen molar-refractivity contribution in [2.45, 2.75) is 25.8 Å². The van der Waals surface area contributed by atoms with Gasteiger partial charge in [-0.1, -0.05) is 0 Å². The molecule has 0 aromatic carbocycles. The fourth-order valence-electron chi connectivity index (χ4n) is 0.905. The Bertz CT molecular complexity index is 519. The molecule has 0 radical (unpaired) electrons. The van der Waals surface area contributed by atoms with E-state index in [2.05, 4.69) is 14.9 Å². The van der Waals surface area contributed by atoms with Crippen molar-refractivity contribution in [1.82, 2.24) is 10.2 Å². The van der Waals surface area contributed by atoms with Crippen LogP contribution < -0.4 is 15.2 Å². The molecule has 1 heterocycles. The van der Waals surface area contributed by atoms with E-state index in [0.717, 1.165) is 0 Å². The van der Waals surface area contributed by atoms with Crippen LogP contribution in [0.3, 0.4) is 0 Å². The minimum Gasteiger partial charge on any atom is -0.478 e. The van der Waals surface area contributed by atoms with Crippen LogP contribution in [-0.4, -0.2) is 42.0 Å². The highest BCUT2D eigenvalue weighted by Gasteiger charge is 2.33. The predicted octanol–water partition coefficient (Wildman–Crippen LogP) is 2.02. The molecule has 0 spiro atoms. The average Bonchev–Trinajstić information content (AvgIpc) is 2.43. The highest BCUT2D eigenvalue weighted by molar-refractivity contribution is 5.81. The van der Waals surface area contributed by atoms with Gasteiger partial charge in [-0.2, -0.15) is 31.4 Å². The summed E-state index contributed by atoms with van der Waals surface area (Å²) < 4.78 is 77.5. The SMILES string of the molecule is CC(=O)C(F)(F)F.COc1nnc(CN)cc1OCC(F)(F)F. The molecule has 23 heavy (non-hydrogen) atoms. The lowest BCUT2D eigenvalue weighted by Crippen LogP contribution is -2.20. The Morgan fingerprint density at radius 1 is 1.22 bits per heavy atom.